The molecule has 2 aliphatic rings. The summed E-state index contributed by atoms with van der Waals surface area (Å²) in [5.74, 6) is 1.65. The zero-order chi connectivity index (χ0) is 13.9. The van der Waals surface area contributed by atoms with Gasteiger partial charge in [0.2, 0.25) is 0 Å². The number of benzene rings is 1. The Hall–Kier alpha value is -0.540. The molecule has 0 aromatic heterocycles. The number of hydrogen-bond acceptors (Lipinski definition) is 2. The van der Waals surface area contributed by atoms with Gasteiger partial charge in [-0.25, -0.2) is 0 Å². The molecule has 20 heavy (non-hydrogen) atoms. The number of nitrogens with one attached hydrogen (secondary N) is 1. The highest BCUT2D eigenvalue weighted by atomic mass is 79.9. The zero-order valence-corrected chi connectivity index (χ0v) is 14.0. The van der Waals surface area contributed by atoms with Gasteiger partial charge in [-0.05, 0) is 68.5 Å². The molecule has 1 aromatic carbocycles. The maximum absolute atomic E-state index is 3.65. The molecule has 1 unspecified atom stereocenters. The number of anilines is 1. The van der Waals surface area contributed by atoms with Crippen LogP contribution in [0.3, 0.4) is 0 Å². The molecule has 3 heteroatoms. The molecule has 3 rings (SSSR count). The molecule has 1 N–H and O–H groups in total. The summed E-state index contributed by atoms with van der Waals surface area (Å²) in [4.78, 5) is 2.59. The largest absolute Gasteiger partial charge is 0.371 e. The molecule has 1 fully saturated rings. The Balaban J connectivity index is 1.77. The van der Waals surface area contributed by atoms with Crippen LogP contribution in [-0.4, -0.2) is 26.2 Å². The molecule has 0 spiro atoms. The number of hydrogen-bond donors (Lipinski definition) is 1. The second-order valence-corrected chi connectivity index (χ2v) is 7.19. The van der Waals surface area contributed by atoms with Crippen LogP contribution in [0.15, 0.2) is 22.7 Å². The molecule has 0 amide bonds. The fourth-order valence-electron chi connectivity index (χ4n) is 3.81. The molecule has 0 radical (unpaired) electrons. The minimum Gasteiger partial charge on any atom is -0.371 e. The third kappa shape index (κ3) is 3.04. The van der Waals surface area contributed by atoms with E-state index in [0.717, 1.165) is 11.8 Å². The topological polar surface area (TPSA) is 15.3 Å². The fraction of sp³-hybridized carbons (Fsp3) is 0.647. The van der Waals surface area contributed by atoms with Crippen molar-refractivity contribution in [3.05, 3.63) is 28.2 Å². The van der Waals surface area contributed by atoms with Crippen LogP contribution in [-0.2, 0) is 0 Å². The van der Waals surface area contributed by atoms with Gasteiger partial charge >= 0.3 is 0 Å². The van der Waals surface area contributed by atoms with Crippen molar-refractivity contribution in [2.45, 2.75) is 38.5 Å². The monoisotopic (exact) mass is 336 g/mol. The van der Waals surface area contributed by atoms with Crippen molar-refractivity contribution in [3.63, 3.8) is 0 Å². The summed E-state index contributed by atoms with van der Waals surface area (Å²) in [5, 5.41) is 3.48. The molecular formula is C17H25BrN2. The van der Waals surface area contributed by atoms with Gasteiger partial charge < -0.3 is 10.2 Å². The van der Waals surface area contributed by atoms with Gasteiger partial charge in [-0.1, -0.05) is 22.9 Å². The molecule has 2 nitrogen and oxygen atoms in total. The predicted octanol–water partition coefficient (Wildman–Crippen LogP) is 4.15. The highest BCUT2D eigenvalue weighted by molar-refractivity contribution is 9.10. The number of fused-ring (bicyclic) bond motifs is 1. The van der Waals surface area contributed by atoms with Crippen molar-refractivity contribution in [2.75, 3.05) is 31.1 Å². The molecule has 0 saturated carbocycles. The minimum absolute atomic E-state index is 0.733. The van der Waals surface area contributed by atoms with E-state index >= 15 is 0 Å². The molecule has 110 valence electrons. The van der Waals surface area contributed by atoms with Gasteiger partial charge in [0.25, 0.3) is 0 Å². The standard InChI is InChI=1S/C17H25BrN2/c1-2-9-20-12-14(10-13-5-7-19-8-6-13)16-11-15(18)3-4-17(16)20/h3-4,11,13-14,19H,2,5-10,12H2,1H3. The van der Waals surface area contributed by atoms with Crippen LogP contribution in [0.25, 0.3) is 0 Å². The molecular weight excluding hydrogens is 312 g/mol. The Bertz CT molecular complexity index is 454. The van der Waals surface area contributed by atoms with Crippen LogP contribution in [0.1, 0.15) is 44.1 Å². The quantitative estimate of drug-likeness (QED) is 0.888. The summed E-state index contributed by atoms with van der Waals surface area (Å²) in [6, 6.07) is 6.85. The summed E-state index contributed by atoms with van der Waals surface area (Å²) in [7, 11) is 0. The highest BCUT2D eigenvalue weighted by Gasteiger charge is 2.30. The molecule has 1 aromatic rings. The lowest BCUT2D eigenvalue weighted by Crippen LogP contribution is -2.29. The van der Waals surface area contributed by atoms with Crippen LogP contribution >= 0.6 is 15.9 Å². The van der Waals surface area contributed by atoms with Crippen molar-refractivity contribution in [3.8, 4) is 0 Å². The molecule has 0 bridgehead atoms. The van der Waals surface area contributed by atoms with E-state index in [0.29, 0.717) is 0 Å². The first-order valence-corrected chi connectivity index (χ1v) is 8.82. The zero-order valence-electron chi connectivity index (χ0n) is 12.4. The second kappa shape index (κ2) is 6.48. The van der Waals surface area contributed by atoms with E-state index < -0.39 is 0 Å². The summed E-state index contributed by atoms with van der Waals surface area (Å²) < 4.78 is 1.23. The van der Waals surface area contributed by atoms with Crippen LogP contribution in [0.5, 0.6) is 0 Å². The smallest absolute Gasteiger partial charge is 0.0403 e. The average molecular weight is 337 g/mol. The van der Waals surface area contributed by atoms with Gasteiger partial charge in [-0.15, -0.1) is 0 Å². The predicted molar refractivity (Wildman–Crippen MR) is 89.6 cm³/mol. The molecule has 0 aliphatic carbocycles. The first-order valence-electron chi connectivity index (χ1n) is 8.03. The maximum Gasteiger partial charge on any atom is 0.0403 e. The van der Waals surface area contributed by atoms with Crippen molar-refractivity contribution in [1.82, 2.24) is 5.32 Å². The van der Waals surface area contributed by atoms with Crippen molar-refractivity contribution >= 4 is 21.6 Å². The van der Waals surface area contributed by atoms with Crippen molar-refractivity contribution in [2.24, 2.45) is 5.92 Å². The van der Waals surface area contributed by atoms with E-state index in [1.54, 1.807) is 5.56 Å². The number of nitrogens with zero attached hydrogens (tertiary/aromatic N) is 1. The SMILES string of the molecule is CCCN1CC(CC2CCNCC2)c2cc(Br)ccc21. The molecule has 2 aliphatic heterocycles. The summed E-state index contributed by atoms with van der Waals surface area (Å²) in [5.41, 5.74) is 3.06. The van der Waals surface area contributed by atoms with E-state index in [-0.39, 0.29) is 0 Å². The molecule has 2 heterocycles. The lowest BCUT2D eigenvalue weighted by molar-refractivity contribution is 0.334. The summed E-state index contributed by atoms with van der Waals surface area (Å²) in [6.07, 6.45) is 5.31. The molecule has 1 saturated heterocycles. The first kappa shape index (κ1) is 14.4. The Morgan fingerprint density at radius 1 is 1.30 bits per heavy atom. The second-order valence-electron chi connectivity index (χ2n) is 6.28. The van der Waals surface area contributed by atoms with Gasteiger partial charge in [0, 0.05) is 29.2 Å². The molecule has 1 atom stereocenters. The Morgan fingerprint density at radius 3 is 2.85 bits per heavy atom. The fourth-order valence-corrected chi connectivity index (χ4v) is 4.18. The van der Waals surface area contributed by atoms with Crippen molar-refractivity contribution < 1.29 is 0 Å². The summed E-state index contributed by atoms with van der Waals surface area (Å²) >= 11 is 3.65. The van der Waals surface area contributed by atoms with Crippen molar-refractivity contribution in [1.29, 1.82) is 0 Å². The average Bonchev–Trinajstić information content (AvgIpc) is 2.78. The van der Waals surface area contributed by atoms with E-state index in [9.17, 15) is 0 Å². The van der Waals surface area contributed by atoms with E-state index in [1.165, 1.54) is 62.0 Å². The van der Waals surface area contributed by atoms with Crippen LogP contribution in [0.4, 0.5) is 5.69 Å². The van der Waals surface area contributed by atoms with E-state index in [4.69, 9.17) is 0 Å². The Kier molecular flexibility index (Phi) is 4.67. The Labute approximate surface area is 131 Å². The number of piperidine rings is 1. The van der Waals surface area contributed by atoms with Gasteiger partial charge in [0.15, 0.2) is 0 Å². The highest BCUT2D eigenvalue weighted by Crippen LogP contribution is 2.42. The van der Waals surface area contributed by atoms with Gasteiger partial charge in [-0.2, -0.15) is 0 Å². The first-order chi connectivity index (χ1) is 9.78. The van der Waals surface area contributed by atoms with Gasteiger partial charge in [0.1, 0.15) is 0 Å². The number of rotatable bonds is 4. The summed E-state index contributed by atoms with van der Waals surface area (Å²) in [6.45, 7) is 7.11. The third-order valence-corrected chi connectivity index (χ3v) is 5.27. The van der Waals surface area contributed by atoms with Crippen LogP contribution < -0.4 is 10.2 Å². The third-order valence-electron chi connectivity index (χ3n) is 4.78. The lowest BCUT2D eigenvalue weighted by atomic mass is 9.85. The minimum atomic E-state index is 0.733. The van der Waals surface area contributed by atoms with Gasteiger partial charge in [0.05, 0.1) is 0 Å². The number of halogens is 1. The van der Waals surface area contributed by atoms with Gasteiger partial charge in [-0.3, -0.25) is 0 Å². The van der Waals surface area contributed by atoms with E-state index in [2.05, 4.69) is 51.3 Å². The Morgan fingerprint density at radius 2 is 2.10 bits per heavy atom. The lowest BCUT2D eigenvalue weighted by Gasteiger charge is -2.26. The van der Waals surface area contributed by atoms with Crippen LogP contribution in [0, 0.1) is 5.92 Å². The van der Waals surface area contributed by atoms with Crippen LogP contribution in [0.2, 0.25) is 0 Å². The normalized spacial score (nSPS) is 23.1. The maximum atomic E-state index is 3.65. The van der Waals surface area contributed by atoms with E-state index in [1.807, 2.05) is 0 Å².